The van der Waals surface area contributed by atoms with Crippen LogP contribution in [0, 0.1) is 0 Å². The second kappa shape index (κ2) is 10.9. The highest BCUT2D eigenvalue weighted by atomic mass is 32.2. The zero-order chi connectivity index (χ0) is 26.6. The van der Waals surface area contributed by atoms with Crippen LogP contribution in [-0.4, -0.2) is 32.5 Å². The number of hydrogen-bond acceptors (Lipinski definition) is 5. The number of anilines is 1. The van der Waals surface area contributed by atoms with Gasteiger partial charge in [-0.1, -0.05) is 91.0 Å². The Kier molecular flexibility index (Phi) is 7.79. The van der Waals surface area contributed by atoms with E-state index in [1.54, 1.807) is 78.6 Å². The monoisotopic (exact) mass is 537 g/mol. The molecule has 0 heterocycles. The van der Waals surface area contributed by atoms with E-state index in [0.29, 0.717) is 34.4 Å². The van der Waals surface area contributed by atoms with Gasteiger partial charge in [0, 0.05) is 23.4 Å². The summed E-state index contributed by atoms with van der Waals surface area (Å²) in [6, 6.07) is 21.5. The highest BCUT2D eigenvalue weighted by Gasteiger charge is 2.33. The minimum atomic E-state index is -4.59. The van der Waals surface area contributed by atoms with Gasteiger partial charge in [-0.15, -0.1) is 0 Å². The van der Waals surface area contributed by atoms with Gasteiger partial charge in [0.2, 0.25) is 0 Å². The normalized spacial score (nSPS) is 14.4. The Balaban J connectivity index is 2.04. The molecule has 0 spiro atoms. The summed E-state index contributed by atoms with van der Waals surface area (Å²) in [4.78, 5) is 1.30. The second-order valence-corrected chi connectivity index (χ2v) is 11.3. The van der Waals surface area contributed by atoms with Crippen LogP contribution in [0.2, 0.25) is 0 Å². The number of hydrogen-bond donors (Lipinski definition) is 2. The van der Waals surface area contributed by atoms with Crippen molar-refractivity contribution in [2.24, 2.45) is 0 Å². The molecular formula is C28H27NO6S2. The second-order valence-electron chi connectivity index (χ2n) is 8.42. The van der Waals surface area contributed by atoms with Crippen molar-refractivity contribution in [2.45, 2.75) is 23.6 Å². The molecule has 0 aromatic heterocycles. The molecule has 2 N–H and O–H groups in total. The van der Waals surface area contributed by atoms with Crippen LogP contribution >= 0.6 is 0 Å². The van der Waals surface area contributed by atoms with Gasteiger partial charge in [0.1, 0.15) is 4.90 Å². The molecular weight excluding hydrogens is 510 g/mol. The standard InChI is InChI=1S/C28H27NO6S2/c1-2-29(28(37(33,34)35)22-15-7-4-8-16-22)25-19-11-9-17-23(25)27(21-13-5-3-6-14-21)24-18-10-12-20-26(24)36(30,31)32/h4-20,28H,2-3H2,1H3,(H,30,31,32)(H,33,34,35). The first kappa shape index (κ1) is 26.6. The summed E-state index contributed by atoms with van der Waals surface area (Å²) >= 11 is 0. The van der Waals surface area contributed by atoms with Crippen molar-refractivity contribution in [3.63, 3.8) is 0 Å². The molecule has 0 saturated carbocycles. The predicted molar refractivity (Wildman–Crippen MR) is 145 cm³/mol. The SMILES string of the molecule is CCN(c1ccccc1C(=C1C=CCC=C1)c1ccccc1S(=O)(=O)O)C(c1ccccc1)S(=O)(=O)O. The van der Waals surface area contributed by atoms with Crippen LogP contribution in [-0.2, 0) is 20.2 Å². The molecule has 192 valence electrons. The van der Waals surface area contributed by atoms with Gasteiger partial charge in [-0.3, -0.25) is 9.11 Å². The summed E-state index contributed by atoms with van der Waals surface area (Å²) in [7, 11) is -9.17. The van der Waals surface area contributed by atoms with Gasteiger partial charge in [0.15, 0.2) is 5.37 Å². The third-order valence-electron chi connectivity index (χ3n) is 6.06. The number of allylic oxidation sites excluding steroid dienone is 5. The lowest BCUT2D eigenvalue weighted by molar-refractivity contribution is 0.465. The maximum Gasteiger partial charge on any atom is 0.295 e. The number of benzene rings is 3. The largest absolute Gasteiger partial charge is 0.349 e. The van der Waals surface area contributed by atoms with Crippen molar-refractivity contribution in [2.75, 3.05) is 11.4 Å². The zero-order valence-corrected chi connectivity index (χ0v) is 21.7. The topological polar surface area (TPSA) is 112 Å². The van der Waals surface area contributed by atoms with Gasteiger partial charge >= 0.3 is 0 Å². The average molecular weight is 538 g/mol. The van der Waals surface area contributed by atoms with E-state index in [0.717, 1.165) is 0 Å². The Morgan fingerprint density at radius 3 is 1.97 bits per heavy atom. The third kappa shape index (κ3) is 5.75. The van der Waals surface area contributed by atoms with E-state index in [2.05, 4.69) is 0 Å². The summed E-state index contributed by atoms with van der Waals surface area (Å²) in [5.74, 6) is 0. The molecule has 37 heavy (non-hydrogen) atoms. The van der Waals surface area contributed by atoms with E-state index in [4.69, 9.17) is 0 Å². The van der Waals surface area contributed by atoms with Crippen LogP contribution in [0.15, 0.2) is 114 Å². The predicted octanol–water partition coefficient (Wildman–Crippen LogP) is 5.66. The lowest BCUT2D eigenvalue weighted by Crippen LogP contribution is -2.34. The smallest absolute Gasteiger partial charge is 0.295 e. The molecule has 0 amide bonds. The first-order valence-electron chi connectivity index (χ1n) is 11.6. The summed E-state index contributed by atoms with van der Waals surface area (Å²) < 4.78 is 70.5. The van der Waals surface area contributed by atoms with E-state index in [1.165, 1.54) is 12.1 Å². The maximum absolute atomic E-state index is 12.7. The highest BCUT2D eigenvalue weighted by molar-refractivity contribution is 7.86. The van der Waals surface area contributed by atoms with Gasteiger partial charge in [0.25, 0.3) is 20.2 Å². The molecule has 0 fully saturated rings. The van der Waals surface area contributed by atoms with E-state index < -0.39 is 25.6 Å². The van der Waals surface area contributed by atoms with Gasteiger partial charge < -0.3 is 4.90 Å². The summed E-state index contributed by atoms with van der Waals surface area (Å²) in [5.41, 5.74) is 2.84. The fraction of sp³-hybridized carbons (Fsp3) is 0.143. The Bertz CT molecular complexity index is 1580. The van der Waals surface area contributed by atoms with Crippen molar-refractivity contribution in [1.82, 2.24) is 0 Å². The minimum absolute atomic E-state index is 0.213. The number of rotatable bonds is 8. The Morgan fingerprint density at radius 1 is 0.811 bits per heavy atom. The highest BCUT2D eigenvalue weighted by Crippen LogP contribution is 2.41. The van der Waals surface area contributed by atoms with Crippen LogP contribution in [0.25, 0.3) is 5.57 Å². The Morgan fingerprint density at radius 2 is 1.38 bits per heavy atom. The molecule has 3 aromatic rings. The molecule has 1 unspecified atom stereocenters. The van der Waals surface area contributed by atoms with Gasteiger partial charge in [-0.25, -0.2) is 0 Å². The zero-order valence-electron chi connectivity index (χ0n) is 20.1. The first-order chi connectivity index (χ1) is 17.6. The van der Waals surface area contributed by atoms with Crippen molar-refractivity contribution in [1.29, 1.82) is 0 Å². The average Bonchev–Trinajstić information content (AvgIpc) is 2.88. The number of para-hydroxylation sites is 1. The van der Waals surface area contributed by atoms with E-state index in [-0.39, 0.29) is 17.0 Å². The van der Waals surface area contributed by atoms with Crippen molar-refractivity contribution in [3.05, 3.63) is 125 Å². The van der Waals surface area contributed by atoms with Crippen LogP contribution < -0.4 is 4.90 Å². The molecule has 0 bridgehead atoms. The molecule has 0 saturated heterocycles. The van der Waals surface area contributed by atoms with Crippen LogP contribution in [0.5, 0.6) is 0 Å². The summed E-state index contributed by atoms with van der Waals surface area (Å²) in [6.45, 7) is 1.99. The van der Waals surface area contributed by atoms with Crippen LogP contribution in [0.3, 0.4) is 0 Å². The molecule has 9 heteroatoms. The first-order valence-corrected chi connectivity index (χ1v) is 14.6. The lowest BCUT2D eigenvalue weighted by Gasteiger charge is -2.33. The van der Waals surface area contributed by atoms with Crippen molar-refractivity contribution >= 4 is 31.5 Å². The van der Waals surface area contributed by atoms with Crippen molar-refractivity contribution < 1.29 is 25.9 Å². The van der Waals surface area contributed by atoms with E-state index >= 15 is 0 Å². The molecule has 1 aliphatic rings. The molecule has 0 aliphatic heterocycles. The lowest BCUT2D eigenvalue weighted by atomic mass is 9.89. The minimum Gasteiger partial charge on any atom is -0.349 e. The van der Waals surface area contributed by atoms with E-state index in [9.17, 15) is 25.9 Å². The Labute approximate surface area is 217 Å². The van der Waals surface area contributed by atoms with Crippen LogP contribution in [0.4, 0.5) is 5.69 Å². The van der Waals surface area contributed by atoms with Gasteiger partial charge in [0.05, 0.1) is 0 Å². The Hall–Kier alpha value is -3.50. The molecule has 1 aliphatic carbocycles. The molecule has 7 nitrogen and oxygen atoms in total. The van der Waals surface area contributed by atoms with Gasteiger partial charge in [-0.2, -0.15) is 16.8 Å². The van der Waals surface area contributed by atoms with Crippen LogP contribution in [0.1, 0.15) is 35.4 Å². The fourth-order valence-corrected chi connectivity index (χ4v) is 6.36. The van der Waals surface area contributed by atoms with Gasteiger partial charge in [-0.05, 0) is 42.2 Å². The summed E-state index contributed by atoms with van der Waals surface area (Å²) in [5, 5.41) is -1.40. The van der Waals surface area contributed by atoms with E-state index in [1.807, 2.05) is 24.3 Å². The quantitative estimate of drug-likeness (QED) is 0.356. The number of nitrogens with zero attached hydrogens (tertiary/aromatic N) is 1. The molecule has 1 atom stereocenters. The fourth-order valence-electron chi connectivity index (χ4n) is 4.57. The summed E-state index contributed by atoms with van der Waals surface area (Å²) in [6.07, 6.45) is 8.28. The van der Waals surface area contributed by atoms with Crippen molar-refractivity contribution in [3.8, 4) is 0 Å². The maximum atomic E-state index is 12.7. The molecule has 4 rings (SSSR count). The molecule has 0 radical (unpaired) electrons. The third-order valence-corrected chi connectivity index (χ3v) is 8.07. The molecule has 3 aromatic carbocycles.